The van der Waals surface area contributed by atoms with Crippen LogP contribution in [0.15, 0.2) is 12.2 Å². The molecule has 3 rings (SSSR count). The van der Waals surface area contributed by atoms with E-state index in [1.165, 1.54) is 18.6 Å². The molecule has 0 bridgehead atoms. The Balaban J connectivity index is 1.41. The van der Waals surface area contributed by atoms with Gasteiger partial charge in [0.2, 0.25) is 11.8 Å². The van der Waals surface area contributed by atoms with Crippen LogP contribution in [0.25, 0.3) is 0 Å². The molecular weight excluding hydrogens is 232 g/mol. The Kier molecular flexibility index (Phi) is 2.86. The van der Waals surface area contributed by atoms with Crippen LogP contribution in [-0.2, 0) is 14.3 Å². The van der Waals surface area contributed by atoms with Gasteiger partial charge in [-0.15, -0.1) is 0 Å². The molecule has 2 saturated heterocycles. The molecule has 2 amide bonds. The van der Waals surface area contributed by atoms with Crippen molar-refractivity contribution in [2.75, 3.05) is 26.3 Å². The minimum absolute atomic E-state index is 0.0729. The third-order valence-electron chi connectivity index (χ3n) is 4.01. The van der Waals surface area contributed by atoms with Gasteiger partial charge in [-0.2, -0.15) is 0 Å². The summed E-state index contributed by atoms with van der Waals surface area (Å²) < 4.78 is 5.15. The van der Waals surface area contributed by atoms with Gasteiger partial charge in [-0.1, -0.05) is 0 Å². The summed E-state index contributed by atoms with van der Waals surface area (Å²) in [4.78, 5) is 25.0. The van der Waals surface area contributed by atoms with Gasteiger partial charge in [0.1, 0.15) is 0 Å². The van der Waals surface area contributed by atoms with Crippen LogP contribution in [0.4, 0.5) is 0 Å². The van der Waals surface area contributed by atoms with Crippen molar-refractivity contribution < 1.29 is 14.3 Å². The molecule has 0 unspecified atom stereocenters. The molecule has 98 valence electrons. The fourth-order valence-corrected chi connectivity index (χ4v) is 2.55. The van der Waals surface area contributed by atoms with Crippen LogP contribution in [-0.4, -0.2) is 49.1 Å². The maximum Gasteiger partial charge on any atom is 0.246 e. The van der Waals surface area contributed by atoms with Gasteiger partial charge in [-0.3, -0.25) is 9.59 Å². The Labute approximate surface area is 106 Å². The number of hydrogen-bond donors (Lipinski definition) is 1. The molecule has 18 heavy (non-hydrogen) atoms. The van der Waals surface area contributed by atoms with E-state index in [0.717, 1.165) is 39.1 Å². The molecule has 0 aromatic rings. The number of amides is 2. The highest BCUT2D eigenvalue weighted by Crippen LogP contribution is 2.37. The third-order valence-corrected chi connectivity index (χ3v) is 4.01. The Bertz CT molecular complexity index is 389. The van der Waals surface area contributed by atoms with Crippen molar-refractivity contribution in [3.8, 4) is 0 Å². The molecule has 0 aromatic carbocycles. The van der Waals surface area contributed by atoms with Crippen molar-refractivity contribution in [3.63, 3.8) is 0 Å². The average Bonchev–Trinajstić information content (AvgIpc) is 2.16. The van der Waals surface area contributed by atoms with Gasteiger partial charge < -0.3 is 15.0 Å². The molecule has 0 radical (unpaired) electrons. The summed E-state index contributed by atoms with van der Waals surface area (Å²) >= 11 is 0. The average molecular weight is 250 g/mol. The largest absolute Gasteiger partial charge is 0.380 e. The van der Waals surface area contributed by atoms with Gasteiger partial charge in [0.25, 0.3) is 0 Å². The van der Waals surface area contributed by atoms with Gasteiger partial charge in [0.05, 0.1) is 18.6 Å². The number of likely N-dealkylation sites (tertiary alicyclic amines) is 1. The van der Waals surface area contributed by atoms with Crippen molar-refractivity contribution in [1.29, 1.82) is 0 Å². The second-order valence-corrected chi connectivity index (χ2v) is 5.66. The molecule has 1 aliphatic carbocycles. The SMILES string of the molecule is O=C(/C=C/C(=O)N1CC2(COC2)C1)NC1CCC1. The zero-order valence-electron chi connectivity index (χ0n) is 10.4. The molecule has 2 aliphatic heterocycles. The summed E-state index contributed by atoms with van der Waals surface area (Å²) in [6.07, 6.45) is 6.03. The van der Waals surface area contributed by atoms with E-state index in [0.29, 0.717) is 6.04 Å². The lowest BCUT2D eigenvalue weighted by Crippen LogP contribution is -2.66. The van der Waals surface area contributed by atoms with E-state index >= 15 is 0 Å². The second-order valence-electron chi connectivity index (χ2n) is 5.66. The molecule has 3 fully saturated rings. The van der Waals surface area contributed by atoms with Crippen LogP contribution in [0.5, 0.6) is 0 Å². The van der Waals surface area contributed by atoms with E-state index < -0.39 is 0 Å². The van der Waals surface area contributed by atoms with Crippen LogP contribution >= 0.6 is 0 Å². The number of nitrogens with one attached hydrogen (secondary N) is 1. The first kappa shape index (κ1) is 11.7. The standard InChI is InChI=1S/C13H18N2O3/c16-11(14-10-2-1-3-10)4-5-12(17)15-6-13(7-15)8-18-9-13/h4-5,10H,1-3,6-9H2,(H,14,16)/b5-4+. The molecule has 1 spiro atoms. The van der Waals surface area contributed by atoms with E-state index in [1.54, 1.807) is 4.90 Å². The number of rotatable bonds is 3. The minimum atomic E-state index is -0.157. The Morgan fingerprint density at radius 3 is 2.44 bits per heavy atom. The number of hydrogen-bond acceptors (Lipinski definition) is 3. The van der Waals surface area contributed by atoms with E-state index in [2.05, 4.69) is 5.32 Å². The predicted molar refractivity (Wildman–Crippen MR) is 64.8 cm³/mol. The molecule has 5 nitrogen and oxygen atoms in total. The fraction of sp³-hybridized carbons (Fsp3) is 0.692. The highest BCUT2D eigenvalue weighted by atomic mass is 16.5. The summed E-state index contributed by atoms with van der Waals surface area (Å²) in [6.45, 7) is 3.06. The molecule has 1 N–H and O–H groups in total. The molecule has 0 aromatic heterocycles. The number of carbonyl (C=O) groups excluding carboxylic acids is 2. The minimum Gasteiger partial charge on any atom is -0.380 e. The van der Waals surface area contributed by atoms with Crippen molar-refractivity contribution in [1.82, 2.24) is 10.2 Å². The number of carbonyl (C=O) groups is 2. The first-order chi connectivity index (χ1) is 8.67. The first-order valence-corrected chi connectivity index (χ1v) is 6.52. The van der Waals surface area contributed by atoms with Crippen molar-refractivity contribution in [3.05, 3.63) is 12.2 Å². The number of nitrogens with zero attached hydrogens (tertiary/aromatic N) is 1. The summed E-state index contributed by atoms with van der Waals surface area (Å²) in [5.41, 5.74) is 0.234. The van der Waals surface area contributed by atoms with Gasteiger partial charge in [-0.05, 0) is 19.3 Å². The fourth-order valence-electron chi connectivity index (χ4n) is 2.55. The molecule has 1 saturated carbocycles. The van der Waals surface area contributed by atoms with Gasteiger partial charge in [0.15, 0.2) is 0 Å². The summed E-state index contributed by atoms with van der Waals surface area (Å²) in [6, 6.07) is 0.316. The van der Waals surface area contributed by atoms with Gasteiger partial charge in [-0.25, -0.2) is 0 Å². The quantitative estimate of drug-likeness (QED) is 0.721. The van der Waals surface area contributed by atoms with E-state index in [9.17, 15) is 9.59 Å². The van der Waals surface area contributed by atoms with Crippen molar-refractivity contribution >= 4 is 11.8 Å². The van der Waals surface area contributed by atoms with Crippen LogP contribution in [0.1, 0.15) is 19.3 Å². The first-order valence-electron chi connectivity index (χ1n) is 6.52. The Hall–Kier alpha value is -1.36. The van der Waals surface area contributed by atoms with E-state index in [1.807, 2.05) is 0 Å². The second kappa shape index (κ2) is 4.39. The van der Waals surface area contributed by atoms with Crippen molar-refractivity contribution in [2.45, 2.75) is 25.3 Å². The van der Waals surface area contributed by atoms with Crippen LogP contribution in [0.3, 0.4) is 0 Å². The zero-order chi connectivity index (χ0) is 12.6. The summed E-state index contributed by atoms with van der Waals surface area (Å²) in [5, 5.41) is 2.87. The Morgan fingerprint density at radius 2 is 1.94 bits per heavy atom. The third kappa shape index (κ3) is 2.14. The normalized spacial score (nSPS) is 25.4. The maximum absolute atomic E-state index is 11.7. The zero-order valence-corrected chi connectivity index (χ0v) is 10.4. The Morgan fingerprint density at radius 1 is 1.22 bits per heavy atom. The highest BCUT2D eigenvalue weighted by molar-refractivity contribution is 5.97. The van der Waals surface area contributed by atoms with Crippen LogP contribution < -0.4 is 5.32 Å². The molecule has 3 aliphatic rings. The van der Waals surface area contributed by atoms with Gasteiger partial charge >= 0.3 is 0 Å². The van der Waals surface area contributed by atoms with Gasteiger partial charge in [0, 0.05) is 31.3 Å². The van der Waals surface area contributed by atoms with E-state index in [-0.39, 0.29) is 17.2 Å². The van der Waals surface area contributed by atoms with Crippen molar-refractivity contribution in [2.24, 2.45) is 5.41 Å². The summed E-state index contributed by atoms with van der Waals surface area (Å²) in [7, 11) is 0. The molecule has 5 heteroatoms. The lowest BCUT2D eigenvalue weighted by atomic mass is 9.78. The van der Waals surface area contributed by atoms with Crippen LogP contribution in [0.2, 0.25) is 0 Å². The molecule has 2 heterocycles. The molecule has 0 atom stereocenters. The lowest BCUT2D eigenvalue weighted by molar-refractivity contribution is -0.192. The summed E-state index contributed by atoms with van der Waals surface area (Å²) in [5.74, 6) is -0.230. The maximum atomic E-state index is 11.7. The number of ether oxygens (including phenoxy) is 1. The smallest absolute Gasteiger partial charge is 0.246 e. The van der Waals surface area contributed by atoms with E-state index in [4.69, 9.17) is 4.74 Å². The predicted octanol–water partition coefficient (Wildman–Crippen LogP) is 0.0701. The topological polar surface area (TPSA) is 58.6 Å². The monoisotopic (exact) mass is 250 g/mol. The highest BCUT2D eigenvalue weighted by Gasteiger charge is 2.50. The lowest BCUT2D eigenvalue weighted by Gasteiger charge is -2.54. The van der Waals surface area contributed by atoms with Crippen LogP contribution in [0, 0.1) is 5.41 Å². The molecular formula is C13H18N2O3.